The second kappa shape index (κ2) is 13.8. The average Bonchev–Trinajstić information content (AvgIpc) is 3.86. The molecule has 5 nitrogen and oxygen atoms in total. The van der Waals surface area contributed by atoms with Crippen LogP contribution in [0, 0.1) is 0 Å². The molecule has 0 N–H and O–H groups in total. The topological polar surface area (TPSA) is 56.7 Å². The maximum absolute atomic E-state index is 6.90. The number of fused-ring (bicyclic) bond motifs is 7. The van der Waals surface area contributed by atoms with Gasteiger partial charge in [-0.1, -0.05) is 170 Å². The van der Waals surface area contributed by atoms with Gasteiger partial charge in [0.25, 0.3) is 0 Å². The van der Waals surface area contributed by atoms with Crippen molar-refractivity contribution in [2.45, 2.75) is 0 Å². The van der Waals surface area contributed by atoms with Crippen LogP contribution in [0.2, 0.25) is 0 Å². The van der Waals surface area contributed by atoms with E-state index in [0.717, 1.165) is 93.8 Å². The Balaban J connectivity index is 1.14. The summed E-state index contributed by atoms with van der Waals surface area (Å²) in [5.74, 6) is 1.73. The highest BCUT2D eigenvalue weighted by Gasteiger charge is 2.24. The number of benzene rings is 9. The molecule has 0 saturated carbocycles. The molecule has 3 aromatic heterocycles. The van der Waals surface area contributed by atoms with Gasteiger partial charge in [-0.05, 0) is 69.4 Å². The van der Waals surface area contributed by atoms with E-state index in [4.69, 9.17) is 19.4 Å². The number of para-hydroxylation sites is 2. The predicted molar refractivity (Wildman–Crippen MR) is 246 cm³/mol. The molecule has 0 spiro atoms. The first-order valence-corrected chi connectivity index (χ1v) is 20.2. The highest BCUT2D eigenvalue weighted by atomic mass is 16.3. The van der Waals surface area contributed by atoms with E-state index in [2.05, 4.69) is 187 Å². The van der Waals surface area contributed by atoms with Crippen LogP contribution in [0.3, 0.4) is 0 Å². The maximum atomic E-state index is 6.90. The molecule has 3 heterocycles. The zero-order chi connectivity index (χ0) is 39.6. The van der Waals surface area contributed by atoms with Gasteiger partial charge in [-0.15, -0.1) is 0 Å². The number of furan rings is 1. The zero-order valence-corrected chi connectivity index (χ0v) is 32.3. The Labute approximate surface area is 345 Å². The predicted octanol–water partition coefficient (Wildman–Crippen LogP) is 14.4. The van der Waals surface area contributed by atoms with Gasteiger partial charge < -0.3 is 8.98 Å². The van der Waals surface area contributed by atoms with Crippen molar-refractivity contribution < 1.29 is 4.42 Å². The Morgan fingerprint density at radius 3 is 1.48 bits per heavy atom. The minimum absolute atomic E-state index is 0.554. The van der Waals surface area contributed by atoms with Gasteiger partial charge in [0.2, 0.25) is 0 Å². The van der Waals surface area contributed by atoms with Crippen molar-refractivity contribution in [1.82, 2.24) is 19.5 Å². The first kappa shape index (κ1) is 33.9. The summed E-state index contributed by atoms with van der Waals surface area (Å²) in [7, 11) is 0. The molecular weight excluding hydrogens is 733 g/mol. The lowest BCUT2D eigenvalue weighted by Gasteiger charge is -2.15. The number of rotatable bonds is 6. The van der Waals surface area contributed by atoms with Crippen molar-refractivity contribution in [3.05, 3.63) is 206 Å². The van der Waals surface area contributed by atoms with Crippen LogP contribution in [-0.4, -0.2) is 19.5 Å². The number of aromatic nitrogens is 4. The molecule has 0 saturated heterocycles. The summed E-state index contributed by atoms with van der Waals surface area (Å²) < 4.78 is 9.25. The zero-order valence-electron chi connectivity index (χ0n) is 32.3. The van der Waals surface area contributed by atoms with Crippen molar-refractivity contribution in [3.8, 4) is 62.1 Å². The van der Waals surface area contributed by atoms with E-state index in [9.17, 15) is 0 Å². The Morgan fingerprint density at radius 2 is 0.833 bits per heavy atom. The average molecular weight is 767 g/mol. The van der Waals surface area contributed by atoms with Crippen LogP contribution >= 0.6 is 0 Å². The summed E-state index contributed by atoms with van der Waals surface area (Å²) in [6.07, 6.45) is 0. The highest BCUT2D eigenvalue weighted by molar-refractivity contribution is 6.16. The normalized spacial score (nSPS) is 11.7. The lowest BCUT2D eigenvalue weighted by Crippen LogP contribution is -2.04. The van der Waals surface area contributed by atoms with Gasteiger partial charge in [0, 0.05) is 38.2 Å². The Kier molecular flexibility index (Phi) is 7.78. The highest BCUT2D eigenvalue weighted by Crippen LogP contribution is 2.43. The second-order valence-electron chi connectivity index (χ2n) is 15.2. The fourth-order valence-corrected chi connectivity index (χ4v) is 8.71. The van der Waals surface area contributed by atoms with Gasteiger partial charge in [-0.3, -0.25) is 0 Å². The van der Waals surface area contributed by atoms with E-state index in [-0.39, 0.29) is 0 Å². The van der Waals surface area contributed by atoms with Crippen molar-refractivity contribution in [1.29, 1.82) is 0 Å². The minimum Gasteiger partial charge on any atom is -0.454 e. The van der Waals surface area contributed by atoms with E-state index in [0.29, 0.717) is 17.5 Å². The van der Waals surface area contributed by atoms with Gasteiger partial charge in [0.15, 0.2) is 23.1 Å². The molecule has 0 aliphatic rings. The molecule has 0 bridgehead atoms. The first-order valence-electron chi connectivity index (χ1n) is 20.2. The Hall–Kier alpha value is -8.15. The third-order valence-electron chi connectivity index (χ3n) is 11.7. The van der Waals surface area contributed by atoms with Crippen LogP contribution in [0.4, 0.5) is 0 Å². The van der Waals surface area contributed by atoms with Gasteiger partial charge in [0.05, 0.1) is 11.0 Å². The molecule has 0 atom stereocenters. The summed E-state index contributed by atoms with van der Waals surface area (Å²) in [4.78, 5) is 15.8. The molecule has 12 rings (SSSR count). The molecule has 60 heavy (non-hydrogen) atoms. The monoisotopic (exact) mass is 766 g/mol. The van der Waals surface area contributed by atoms with E-state index >= 15 is 0 Å². The molecule has 5 heteroatoms. The quantitative estimate of drug-likeness (QED) is 0.169. The summed E-state index contributed by atoms with van der Waals surface area (Å²) in [5.41, 5.74) is 11.8. The van der Waals surface area contributed by atoms with E-state index in [1.165, 1.54) is 5.39 Å². The lowest BCUT2D eigenvalue weighted by molar-refractivity contribution is 0.666. The Morgan fingerprint density at radius 1 is 0.333 bits per heavy atom. The van der Waals surface area contributed by atoms with E-state index < -0.39 is 0 Å². The van der Waals surface area contributed by atoms with Crippen LogP contribution in [0.1, 0.15) is 0 Å². The number of hydrogen-bond donors (Lipinski definition) is 0. The maximum Gasteiger partial charge on any atom is 0.166 e. The van der Waals surface area contributed by atoms with Crippen molar-refractivity contribution in [2.75, 3.05) is 0 Å². The first-order chi connectivity index (χ1) is 29.7. The van der Waals surface area contributed by atoms with Crippen LogP contribution in [0.25, 0.3) is 117 Å². The fraction of sp³-hybridized carbons (Fsp3) is 0. The van der Waals surface area contributed by atoms with Gasteiger partial charge in [0.1, 0.15) is 11.3 Å². The molecular formula is C55H34N4O. The molecule has 0 aliphatic carbocycles. The SMILES string of the molecule is c1ccc(-c2ccc(-c3nc(-c4ccc(-c5ccccc5)cc4)nc(-c4ccc5c(oc6ccccc65)c4-n4c5ccccc5c5cc6ccccc6cc54)n3)cc2)cc1. The van der Waals surface area contributed by atoms with E-state index in [1.54, 1.807) is 0 Å². The van der Waals surface area contributed by atoms with Gasteiger partial charge in [-0.25, -0.2) is 15.0 Å². The molecule has 280 valence electrons. The summed E-state index contributed by atoms with van der Waals surface area (Å²) in [6.45, 7) is 0. The van der Waals surface area contributed by atoms with Crippen molar-refractivity contribution in [2.24, 2.45) is 0 Å². The third kappa shape index (κ3) is 5.59. The molecule has 0 unspecified atom stereocenters. The Bertz CT molecular complexity index is 3470. The second-order valence-corrected chi connectivity index (χ2v) is 15.2. The fourth-order valence-electron chi connectivity index (χ4n) is 8.71. The molecule has 9 aromatic carbocycles. The molecule has 0 radical (unpaired) electrons. The van der Waals surface area contributed by atoms with Crippen LogP contribution < -0.4 is 0 Å². The smallest absolute Gasteiger partial charge is 0.166 e. The molecule has 0 fully saturated rings. The molecule has 12 aromatic rings. The van der Waals surface area contributed by atoms with Gasteiger partial charge >= 0.3 is 0 Å². The summed E-state index contributed by atoms with van der Waals surface area (Å²) in [6, 6.07) is 72.1. The van der Waals surface area contributed by atoms with Crippen molar-refractivity contribution >= 4 is 54.5 Å². The van der Waals surface area contributed by atoms with Crippen LogP contribution in [0.15, 0.2) is 211 Å². The number of nitrogens with zero attached hydrogens (tertiary/aromatic N) is 4. The third-order valence-corrected chi connectivity index (χ3v) is 11.7. The van der Waals surface area contributed by atoms with Gasteiger partial charge in [-0.2, -0.15) is 0 Å². The van der Waals surface area contributed by atoms with Crippen LogP contribution in [-0.2, 0) is 0 Å². The summed E-state index contributed by atoms with van der Waals surface area (Å²) >= 11 is 0. The standard InChI is InChI=1S/C55H34N4O/c1-3-13-35(14-4-1)37-23-27-39(28-24-37)53-56-54(40-29-25-38(26-30-40)36-15-5-2-6-16-36)58-55(57-53)46-32-31-45-44-20-10-12-22-50(44)60-52(45)51(46)59-48-21-11-9-19-43(48)47-33-41-17-7-8-18-42(41)34-49(47)59/h1-34H. The number of hydrogen-bond acceptors (Lipinski definition) is 4. The molecule has 0 aliphatic heterocycles. The largest absolute Gasteiger partial charge is 0.454 e. The van der Waals surface area contributed by atoms with E-state index in [1.807, 2.05) is 24.3 Å². The minimum atomic E-state index is 0.554. The lowest BCUT2D eigenvalue weighted by atomic mass is 10.0. The van der Waals surface area contributed by atoms with Crippen molar-refractivity contribution in [3.63, 3.8) is 0 Å². The summed E-state index contributed by atoms with van der Waals surface area (Å²) in [5, 5.41) is 6.76. The molecule has 0 amide bonds. The van der Waals surface area contributed by atoms with Crippen LogP contribution in [0.5, 0.6) is 0 Å².